The van der Waals surface area contributed by atoms with Crippen LogP contribution in [-0.2, 0) is 0 Å². The Morgan fingerprint density at radius 2 is 1.69 bits per heavy atom. The predicted octanol–water partition coefficient (Wildman–Crippen LogP) is 5.12. The predicted molar refractivity (Wildman–Crippen MR) is 114 cm³/mol. The maximum atomic E-state index is 6.05. The van der Waals surface area contributed by atoms with Gasteiger partial charge in [0.1, 0.15) is 5.82 Å². The molecule has 0 aliphatic carbocycles. The van der Waals surface area contributed by atoms with Crippen molar-refractivity contribution in [2.75, 3.05) is 38.1 Å². The van der Waals surface area contributed by atoms with Crippen LogP contribution in [0.4, 0.5) is 5.82 Å². The van der Waals surface area contributed by atoms with E-state index in [1.54, 1.807) is 0 Å². The van der Waals surface area contributed by atoms with Gasteiger partial charge in [-0.05, 0) is 43.6 Å². The highest BCUT2D eigenvalue weighted by Gasteiger charge is 2.17. The van der Waals surface area contributed by atoms with E-state index < -0.39 is 0 Å². The van der Waals surface area contributed by atoms with E-state index in [1.807, 2.05) is 24.3 Å². The fourth-order valence-electron chi connectivity index (χ4n) is 3.45. The van der Waals surface area contributed by atoms with Crippen molar-refractivity contribution >= 4 is 40.6 Å². The molecule has 4 rings (SSSR count). The molecule has 2 aromatic carbocycles. The Morgan fingerprint density at radius 3 is 2.50 bits per heavy atom. The Labute approximate surface area is 166 Å². The van der Waals surface area contributed by atoms with E-state index in [-0.39, 0.29) is 12.4 Å². The quantitative estimate of drug-likeness (QED) is 0.608. The van der Waals surface area contributed by atoms with Crippen molar-refractivity contribution in [2.24, 2.45) is 0 Å². The van der Waals surface area contributed by atoms with Crippen LogP contribution in [0, 0.1) is 0 Å². The number of fused-ring (bicyclic) bond motifs is 1. The highest BCUT2D eigenvalue weighted by atomic mass is 35.5. The summed E-state index contributed by atoms with van der Waals surface area (Å²) in [5.41, 5.74) is 2.10. The number of aromatic nitrogens is 1. The summed E-state index contributed by atoms with van der Waals surface area (Å²) in [7, 11) is 2.19. The number of benzene rings is 2. The molecule has 3 nitrogen and oxygen atoms in total. The molecule has 0 atom stereocenters. The van der Waals surface area contributed by atoms with Crippen molar-refractivity contribution in [3.8, 4) is 11.3 Å². The van der Waals surface area contributed by atoms with E-state index in [9.17, 15) is 0 Å². The third-order valence-corrected chi connectivity index (χ3v) is 5.13. The van der Waals surface area contributed by atoms with Crippen molar-refractivity contribution in [3.63, 3.8) is 0 Å². The van der Waals surface area contributed by atoms with Gasteiger partial charge in [0.15, 0.2) is 0 Å². The molecule has 1 aliphatic heterocycles. The molecule has 0 saturated carbocycles. The number of pyridine rings is 1. The fraction of sp³-hybridized carbons (Fsp3) is 0.286. The van der Waals surface area contributed by atoms with Crippen LogP contribution in [0.2, 0.25) is 5.02 Å². The maximum absolute atomic E-state index is 6.05. The first kappa shape index (κ1) is 19.0. The van der Waals surface area contributed by atoms with Crippen LogP contribution >= 0.6 is 24.0 Å². The molecule has 0 radical (unpaired) electrons. The second kappa shape index (κ2) is 8.26. The standard InChI is InChI=1S/C21H22ClN3.ClH/c1-24-11-4-12-25(14-13-24)21-19-6-3-2-5-17(19)15-20(23-21)16-7-9-18(22)10-8-16;/h2-3,5-10,15H,4,11-14H2,1H3;1H. The lowest BCUT2D eigenvalue weighted by molar-refractivity contribution is 0.360. The maximum Gasteiger partial charge on any atom is 0.137 e. The summed E-state index contributed by atoms with van der Waals surface area (Å²) in [6, 6.07) is 18.6. The summed E-state index contributed by atoms with van der Waals surface area (Å²) in [5.74, 6) is 1.10. The van der Waals surface area contributed by atoms with Crippen LogP contribution < -0.4 is 4.90 Å². The zero-order chi connectivity index (χ0) is 17.2. The Kier molecular flexibility index (Phi) is 6.02. The normalized spacial score (nSPS) is 15.5. The number of rotatable bonds is 2. The number of halogens is 2. The average molecular weight is 388 g/mol. The molecule has 136 valence electrons. The van der Waals surface area contributed by atoms with Gasteiger partial charge in [0, 0.05) is 35.6 Å². The Hall–Kier alpha value is -1.81. The first-order valence-corrected chi connectivity index (χ1v) is 9.18. The van der Waals surface area contributed by atoms with Gasteiger partial charge in [-0.1, -0.05) is 48.0 Å². The van der Waals surface area contributed by atoms with Gasteiger partial charge >= 0.3 is 0 Å². The Morgan fingerprint density at radius 1 is 0.923 bits per heavy atom. The van der Waals surface area contributed by atoms with E-state index >= 15 is 0 Å². The van der Waals surface area contributed by atoms with Crippen molar-refractivity contribution in [2.45, 2.75) is 6.42 Å². The Balaban J connectivity index is 0.00000196. The molecule has 0 amide bonds. The molecule has 2 heterocycles. The average Bonchev–Trinajstić information content (AvgIpc) is 2.86. The van der Waals surface area contributed by atoms with Crippen LogP contribution in [0.1, 0.15) is 6.42 Å². The van der Waals surface area contributed by atoms with Gasteiger partial charge < -0.3 is 9.80 Å². The van der Waals surface area contributed by atoms with Crippen LogP contribution in [0.3, 0.4) is 0 Å². The molecule has 5 heteroatoms. The first-order chi connectivity index (χ1) is 12.2. The smallest absolute Gasteiger partial charge is 0.137 e. The molecule has 3 aromatic rings. The van der Waals surface area contributed by atoms with Crippen molar-refractivity contribution < 1.29 is 0 Å². The number of anilines is 1. The lowest BCUT2D eigenvalue weighted by Crippen LogP contribution is -2.29. The molecule has 1 aliphatic rings. The molecular weight excluding hydrogens is 365 g/mol. The number of nitrogens with zero attached hydrogens (tertiary/aromatic N) is 3. The SMILES string of the molecule is CN1CCCN(c2nc(-c3ccc(Cl)cc3)cc3ccccc23)CC1.Cl. The lowest BCUT2D eigenvalue weighted by Gasteiger charge is -2.24. The molecule has 1 fully saturated rings. The third-order valence-electron chi connectivity index (χ3n) is 4.88. The fourth-order valence-corrected chi connectivity index (χ4v) is 3.57. The second-order valence-electron chi connectivity index (χ2n) is 6.70. The van der Waals surface area contributed by atoms with Gasteiger partial charge in [0.25, 0.3) is 0 Å². The van der Waals surface area contributed by atoms with E-state index in [1.165, 1.54) is 10.8 Å². The monoisotopic (exact) mass is 387 g/mol. The summed E-state index contributed by atoms with van der Waals surface area (Å²) in [6.07, 6.45) is 1.16. The van der Waals surface area contributed by atoms with Crippen molar-refractivity contribution in [1.29, 1.82) is 0 Å². The highest BCUT2D eigenvalue weighted by Crippen LogP contribution is 2.31. The van der Waals surface area contributed by atoms with Crippen LogP contribution in [0.25, 0.3) is 22.0 Å². The van der Waals surface area contributed by atoms with E-state index in [4.69, 9.17) is 16.6 Å². The van der Waals surface area contributed by atoms with Gasteiger partial charge in [0.05, 0.1) is 5.69 Å². The summed E-state index contributed by atoms with van der Waals surface area (Å²) >= 11 is 6.05. The Bertz CT molecular complexity index is 880. The number of hydrogen-bond donors (Lipinski definition) is 0. The topological polar surface area (TPSA) is 19.4 Å². The minimum atomic E-state index is 0. The van der Waals surface area contributed by atoms with E-state index in [2.05, 4.69) is 47.2 Å². The molecule has 0 N–H and O–H groups in total. The van der Waals surface area contributed by atoms with Gasteiger partial charge in [0.2, 0.25) is 0 Å². The molecule has 0 bridgehead atoms. The summed E-state index contributed by atoms with van der Waals surface area (Å²) in [6.45, 7) is 4.27. The third kappa shape index (κ3) is 3.96. The summed E-state index contributed by atoms with van der Waals surface area (Å²) < 4.78 is 0. The van der Waals surface area contributed by atoms with Crippen LogP contribution in [0.5, 0.6) is 0 Å². The van der Waals surface area contributed by atoms with Gasteiger partial charge in [-0.15, -0.1) is 12.4 Å². The summed E-state index contributed by atoms with van der Waals surface area (Å²) in [4.78, 5) is 9.89. The zero-order valence-electron chi connectivity index (χ0n) is 14.9. The number of likely N-dealkylation sites (N-methyl/N-ethyl adjacent to an activating group) is 1. The molecule has 1 aromatic heterocycles. The minimum Gasteiger partial charge on any atom is -0.355 e. The highest BCUT2D eigenvalue weighted by molar-refractivity contribution is 6.30. The van der Waals surface area contributed by atoms with Crippen molar-refractivity contribution in [3.05, 3.63) is 59.6 Å². The van der Waals surface area contributed by atoms with Crippen LogP contribution in [-0.4, -0.2) is 43.1 Å². The van der Waals surface area contributed by atoms with Crippen molar-refractivity contribution in [1.82, 2.24) is 9.88 Å². The van der Waals surface area contributed by atoms with Gasteiger partial charge in [-0.2, -0.15) is 0 Å². The number of hydrogen-bond acceptors (Lipinski definition) is 3. The van der Waals surface area contributed by atoms with E-state index in [0.717, 1.165) is 54.7 Å². The summed E-state index contributed by atoms with van der Waals surface area (Å²) in [5, 5.41) is 3.21. The molecule has 0 spiro atoms. The molecular formula is C21H23Cl2N3. The second-order valence-corrected chi connectivity index (χ2v) is 7.14. The zero-order valence-corrected chi connectivity index (χ0v) is 16.4. The van der Waals surface area contributed by atoms with Gasteiger partial charge in [-0.3, -0.25) is 0 Å². The largest absolute Gasteiger partial charge is 0.355 e. The molecule has 1 saturated heterocycles. The first-order valence-electron chi connectivity index (χ1n) is 8.80. The molecule has 0 unspecified atom stereocenters. The lowest BCUT2D eigenvalue weighted by atomic mass is 10.1. The molecule has 26 heavy (non-hydrogen) atoms. The minimum absolute atomic E-state index is 0. The van der Waals surface area contributed by atoms with Crippen LogP contribution in [0.15, 0.2) is 54.6 Å². The van der Waals surface area contributed by atoms with Gasteiger partial charge in [-0.25, -0.2) is 4.98 Å². The van der Waals surface area contributed by atoms with E-state index in [0.29, 0.717) is 0 Å².